The van der Waals surface area contributed by atoms with Crippen LogP contribution in [0.1, 0.15) is 18.9 Å². The number of ether oxygens (including phenoxy) is 3. The summed E-state index contributed by atoms with van der Waals surface area (Å²) in [5, 5.41) is 0. The quantitative estimate of drug-likeness (QED) is 0.543. The molecule has 0 fully saturated rings. The molecule has 102 valence electrons. The Kier molecular flexibility index (Phi) is 7.13. The normalized spacial score (nSPS) is 12.2. The van der Waals surface area contributed by atoms with Crippen molar-refractivity contribution in [2.75, 3.05) is 27.4 Å². The summed E-state index contributed by atoms with van der Waals surface area (Å²) in [4.78, 5) is 0.419. The lowest BCUT2D eigenvalue weighted by atomic mass is 10.1. The summed E-state index contributed by atoms with van der Waals surface area (Å²) >= 11 is 3.67. The van der Waals surface area contributed by atoms with Crippen molar-refractivity contribution in [3.8, 4) is 11.5 Å². The Morgan fingerprint density at radius 1 is 1.17 bits per heavy atom. The fraction of sp³-hybridized carbons (Fsp3) is 0.571. The van der Waals surface area contributed by atoms with Crippen LogP contribution in [0.4, 0.5) is 0 Å². The number of methoxy groups -OCH3 is 2. The molecule has 0 spiro atoms. The molecule has 1 atom stereocenters. The van der Waals surface area contributed by atoms with E-state index in [-0.39, 0.29) is 0 Å². The molecule has 4 heteroatoms. The molecule has 0 heterocycles. The highest BCUT2D eigenvalue weighted by Crippen LogP contribution is 2.28. The van der Waals surface area contributed by atoms with Crippen molar-refractivity contribution in [2.45, 2.75) is 24.6 Å². The van der Waals surface area contributed by atoms with Crippen LogP contribution in [0.5, 0.6) is 11.5 Å². The largest absolute Gasteiger partial charge is 0.493 e. The van der Waals surface area contributed by atoms with Gasteiger partial charge < -0.3 is 14.2 Å². The lowest BCUT2D eigenvalue weighted by Crippen LogP contribution is -2.07. The molecule has 0 N–H and O–H groups in total. The van der Waals surface area contributed by atoms with Gasteiger partial charge in [-0.1, -0.05) is 22.0 Å². The molecule has 0 saturated heterocycles. The summed E-state index contributed by atoms with van der Waals surface area (Å²) in [5.74, 6) is 1.54. The second-order valence-corrected chi connectivity index (χ2v) is 5.27. The molecule has 18 heavy (non-hydrogen) atoms. The molecule has 1 aromatic rings. The summed E-state index contributed by atoms with van der Waals surface area (Å²) in [5.41, 5.74) is 1.23. The first-order chi connectivity index (χ1) is 8.71. The van der Waals surface area contributed by atoms with E-state index in [1.54, 1.807) is 14.2 Å². The SMILES string of the molecule is CCOCCC(Br)Cc1ccc(OC)c(OC)c1. The second-order valence-electron chi connectivity index (χ2n) is 3.98. The van der Waals surface area contributed by atoms with Crippen molar-refractivity contribution in [3.63, 3.8) is 0 Å². The number of halogens is 1. The predicted octanol–water partition coefficient (Wildman–Crippen LogP) is 3.44. The Labute approximate surface area is 118 Å². The second kappa shape index (κ2) is 8.38. The van der Waals surface area contributed by atoms with Crippen molar-refractivity contribution < 1.29 is 14.2 Å². The minimum atomic E-state index is 0.419. The van der Waals surface area contributed by atoms with Gasteiger partial charge in [-0.25, -0.2) is 0 Å². The van der Waals surface area contributed by atoms with Crippen LogP contribution in [-0.2, 0) is 11.2 Å². The molecule has 0 aromatic heterocycles. The fourth-order valence-electron chi connectivity index (χ4n) is 1.72. The van der Waals surface area contributed by atoms with Crippen LogP contribution in [0.3, 0.4) is 0 Å². The van der Waals surface area contributed by atoms with Crippen molar-refractivity contribution in [1.82, 2.24) is 0 Å². The number of hydrogen-bond donors (Lipinski definition) is 0. The molecule has 1 unspecified atom stereocenters. The molecule has 1 aromatic carbocycles. The van der Waals surface area contributed by atoms with Crippen LogP contribution < -0.4 is 9.47 Å². The topological polar surface area (TPSA) is 27.7 Å². The number of benzene rings is 1. The van der Waals surface area contributed by atoms with Gasteiger partial charge in [0.1, 0.15) is 0 Å². The van der Waals surface area contributed by atoms with Crippen molar-refractivity contribution >= 4 is 15.9 Å². The summed E-state index contributed by atoms with van der Waals surface area (Å²) < 4.78 is 15.9. The van der Waals surface area contributed by atoms with Gasteiger partial charge in [0.25, 0.3) is 0 Å². The van der Waals surface area contributed by atoms with E-state index in [0.717, 1.165) is 37.6 Å². The standard InChI is InChI=1S/C14H21BrO3/c1-4-18-8-7-12(15)9-11-5-6-13(16-2)14(10-11)17-3/h5-6,10,12H,4,7-9H2,1-3H3. The van der Waals surface area contributed by atoms with Gasteiger partial charge in [0.05, 0.1) is 14.2 Å². The first kappa shape index (κ1) is 15.3. The van der Waals surface area contributed by atoms with Gasteiger partial charge >= 0.3 is 0 Å². The van der Waals surface area contributed by atoms with E-state index < -0.39 is 0 Å². The van der Waals surface area contributed by atoms with Crippen LogP contribution in [0.15, 0.2) is 18.2 Å². The first-order valence-corrected chi connectivity index (χ1v) is 7.05. The Hall–Kier alpha value is -0.740. The van der Waals surface area contributed by atoms with Crippen LogP contribution >= 0.6 is 15.9 Å². The summed E-state index contributed by atoms with van der Waals surface area (Å²) in [6.07, 6.45) is 1.95. The maximum atomic E-state index is 5.35. The molecule has 0 aliphatic heterocycles. The lowest BCUT2D eigenvalue weighted by molar-refractivity contribution is 0.145. The number of rotatable bonds is 8. The highest BCUT2D eigenvalue weighted by atomic mass is 79.9. The lowest BCUT2D eigenvalue weighted by Gasteiger charge is -2.12. The van der Waals surface area contributed by atoms with Crippen LogP contribution in [0.25, 0.3) is 0 Å². The zero-order valence-corrected chi connectivity index (χ0v) is 12.8. The Morgan fingerprint density at radius 2 is 1.89 bits per heavy atom. The van der Waals surface area contributed by atoms with Crippen LogP contribution in [-0.4, -0.2) is 32.3 Å². The van der Waals surface area contributed by atoms with E-state index in [0.29, 0.717) is 4.83 Å². The Balaban J connectivity index is 2.56. The maximum Gasteiger partial charge on any atom is 0.160 e. The molecule has 0 bridgehead atoms. The van der Waals surface area contributed by atoms with E-state index in [1.807, 2.05) is 19.1 Å². The number of alkyl halides is 1. The molecular formula is C14H21BrO3. The van der Waals surface area contributed by atoms with E-state index >= 15 is 0 Å². The Morgan fingerprint density at radius 3 is 2.50 bits per heavy atom. The smallest absolute Gasteiger partial charge is 0.160 e. The van der Waals surface area contributed by atoms with E-state index in [2.05, 4.69) is 22.0 Å². The van der Waals surface area contributed by atoms with Gasteiger partial charge in [-0.05, 0) is 37.5 Å². The van der Waals surface area contributed by atoms with E-state index in [9.17, 15) is 0 Å². The summed E-state index contributed by atoms with van der Waals surface area (Å²) in [6.45, 7) is 3.58. The molecule has 0 aliphatic carbocycles. The minimum absolute atomic E-state index is 0.419. The van der Waals surface area contributed by atoms with E-state index in [4.69, 9.17) is 14.2 Å². The maximum absolute atomic E-state index is 5.35. The molecule has 0 amide bonds. The van der Waals surface area contributed by atoms with Crippen molar-refractivity contribution in [1.29, 1.82) is 0 Å². The highest BCUT2D eigenvalue weighted by Gasteiger charge is 2.09. The van der Waals surface area contributed by atoms with E-state index in [1.165, 1.54) is 5.56 Å². The summed E-state index contributed by atoms with van der Waals surface area (Å²) in [6, 6.07) is 6.03. The van der Waals surface area contributed by atoms with Gasteiger partial charge in [0, 0.05) is 18.0 Å². The molecule has 3 nitrogen and oxygen atoms in total. The van der Waals surface area contributed by atoms with Gasteiger partial charge in [-0.3, -0.25) is 0 Å². The third kappa shape index (κ3) is 4.86. The fourth-order valence-corrected chi connectivity index (χ4v) is 2.28. The molecule has 1 rings (SSSR count). The third-order valence-corrected chi connectivity index (χ3v) is 3.47. The number of hydrogen-bond acceptors (Lipinski definition) is 3. The highest BCUT2D eigenvalue weighted by molar-refractivity contribution is 9.09. The average Bonchev–Trinajstić information content (AvgIpc) is 2.39. The van der Waals surface area contributed by atoms with Gasteiger partial charge in [0.15, 0.2) is 11.5 Å². The third-order valence-electron chi connectivity index (χ3n) is 2.68. The Bertz CT molecular complexity index is 355. The molecule has 0 aliphatic rings. The van der Waals surface area contributed by atoms with Crippen LogP contribution in [0, 0.1) is 0 Å². The monoisotopic (exact) mass is 316 g/mol. The minimum Gasteiger partial charge on any atom is -0.493 e. The zero-order chi connectivity index (χ0) is 13.4. The van der Waals surface area contributed by atoms with Gasteiger partial charge in [-0.2, -0.15) is 0 Å². The molecule has 0 radical (unpaired) electrons. The van der Waals surface area contributed by atoms with Crippen LogP contribution in [0.2, 0.25) is 0 Å². The van der Waals surface area contributed by atoms with Crippen molar-refractivity contribution in [2.24, 2.45) is 0 Å². The van der Waals surface area contributed by atoms with Gasteiger partial charge in [0.2, 0.25) is 0 Å². The van der Waals surface area contributed by atoms with Gasteiger partial charge in [-0.15, -0.1) is 0 Å². The summed E-state index contributed by atoms with van der Waals surface area (Å²) in [7, 11) is 3.30. The van der Waals surface area contributed by atoms with Crippen molar-refractivity contribution in [3.05, 3.63) is 23.8 Å². The molecule has 0 saturated carbocycles. The average molecular weight is 317 g/mol. The molecular weight excluding hydrogens is 296 g/mol. The first-order valence-electron chi connectivity index (χ1n) is 6.14. The predicted molar refractivity (Wildman–Crippen MR) is 77.1 cm³/mol. The zero-order valence-electron chi connectivity index (χ0n) is 11.2.